The van der Waals surface area contributed by atoms with Crippen molar-refractivity contribution >= 4 is 27.8 Å². The number of rotatable bonds is 12. The highest BCUT2D eigenvalue weighted by Gasteiger charge is 2.13. The number of esters is 2. The van der Waals surface area contributed by atoms with Crippen LogP contribution in [0, 0.1) is 0 Å². The summed E-state index contributed by atoms with van der Waals surface area (Å²) < 4.78 is 21.0. The Labute approximate surface area is 184 Å². The Morgan fingerprint density at radius 3 is 2.45 bits per heavy atom. The molecule has 0 aliphatic rings. The fraction of sp³-hybridized carbons (Fsp3) is 0.304. The van der Waals surface area contributed by atoms with Gasteiger partial charge in [-0.1, -0.05) is 18.9 Å². The predicted octanol–water partition coefficient (Wildman–Crippen LogP) is 3.68. The highest BCUT2D eigenvalue weighted by molar-refractivity contribution is 6.25. The van der Waals surface area contributed by atoms with Gasteiger partial charge in [0.05, 0.1) is 26.4 Å². The molecule has 0 saturated carbocycles. The van der Waals surface area contributed by atoms with Gasteiger partial charge in [-0.15, -0.1) is 0 Å². The standard InChI is InChI=1S/C23H26O7Si/c1-27-21-16-17(7-13-22(24)28-2)6-12-20(21)30-23(25)18-8-10-19(11-9-18)29-14-4-3-5-15-31-26/h6-13,16,26H,3-5,14-15H2,1-2H3/b13-7+. The van der Waals surface area contributed by atoms with Crippen molar-refractivity contribution in [3.8, 4) is 17.2 Å². The van der Waals surface area contributed by atoms with E-state index >= 15 is 0 Å². The molecule has 2 rings (SSSR count). The maximum atomic E-state index is 12.5. The third-order valence-corrected chi connectivity index (χ3v) is 4.87. The van der Waals surface area contributed by atoms with Gasteiger partial charge in [0.25, 0.3) is 0 Å². The SMILES string of the molecule is COC(=O)/C=C/c1ccc(OC(=O)c2ccc(OCCCCC[Si]O)cc2)c(OC)c1. The van der Waals surface area contributed by atoms with Crippen LogP contribution in [0.4, 0.5) is 0 Å². The van der Waals surface area contributed by atoms with Crippen LogP contribution in [0.25, 0.3) is 6.08 Å². The molecular formula is C23H26O7Si. The number of hydrogen-bond acceptors (Lipinski definition) is 7. The van der Waals surface area contributed by atoms with Crippen molar-refractivity contribution in [2.24, 2.45) is 0 Å². The fourth-order valence-corrected chi connectivity index (χ4v) is 3.03. The number of benzene rings is 2. The number of unbranched alkanes of at least 4 members (excludes halogenated alkanes) is 2. The lowest BCUT2D eigenvalue weighted by Crippen LogP contribution is -2.09. The molecule has 0 spiro atoms. The molecule has 0 bridgehead atoms. The van der Waals surface area contributed by atoms with Crippen molar-refractivity contribution in [1.29, 1.82) is 0 Å². The molecule has 0 aliphatic heterocycles. The summed E-state index contributed by atoms with van der Waals surface area (Å²) in [4.78, 5) is 32.5. The van der Waals surface area contributed by atoms with Crippen molar-refractivity contribution < 1.29 is 33.3 Å². The summed E-state index contributed by atoms with van der Waals surface area (Å²) in [6.45, 7) is 0.590. The second-order valence-electron chi connectivity index (χ2n) is 6.50. The van der Waals surface area contributed by atoms with E-state index < -0.39 is 11.9 Å². The summed E-state index contributed by atoms with van der Waals surface area (Å²) in [6, 6.07) is 12.5. The molecular weight excluding hydrogens is 416 g/mol. The Morgan fingerprint density at radius 2 is 1.77 bits per heavy atom. The van der Waals surface area contributed by atoms with Gasteiger partial charge in [-0.05, 0) is 60.5 Å². The second kappa shape index (κ2) is 13.3. The second-order valence-corrected chi connectivity index (χ2v) is 7.31. The lowest BCUT2D eigenvalue weighted by atomic mass is 10.2. The number of ether oxygens (including phenoxy) is 4. The summed E-state index contributed by atoms with van der Waals surface area (Å²) in [7, 11) is 2.78. The van der Waals surface area contributed by atoms with E-state index in [0.29, 0.717) is 29.2 Å². The van der Waals surface area contributed by atoms with Crippen LogP contribution in [0.1, 0.15) is 35.2 Å². The van der Waals surface area contributed by atoms with E-state index in [1.165, 1.54) is 20.3 Å². The minimum atomic E-state index is -0.521. The zero-order valence-corrected chi connectivity index (χ0v) is 18.6. The molecule has 0 amide bonds. The highest BCUT2D eigenvalue weighted by Crippen LogP contribution is 2.29. The zero-order chi connectivity index (χ0) is 22.5. The van der Waals surface area contributed by atoms with Gasteiger partial charge in [-0.3, -0.25) is 0 Å². The molecule has 1 N–H and O–H groups in total. The van der Waals surface area contributed by atoms with Crippen molar-refractivity contribution in [3.63, 3.8) is 0 Å². The van der Waals surface area contributed by atoms with E-state index in [9.17, 15) is 9.59 Å². The van der Waals surface area contributed by atoms with Gasteiger partial charge in [0.1, 0.15) is 5.75 Å². The van der Waals surface area contributed by atoms with Crippen LogP contribution in [0.15, 0.2) is 48.5 Å². The van der Waals surface area contributed by atoms with Crippen molar-refractivity contribution in [2.45, 2.75) is 25.3 Å². The number of methoxy groups -OCH3 is 2. The van der Waals surface area contributed by atoms with Crippen LogP contribution < -0.4 is 14.2 Å². The Balaban J connectivity index is 1.93. The Bertz CT molecular complexity index is 878. The largest absolute Gasteiger partial charge is 0.494 e. The van der Waals surface area contributed by atoms with Crippen LogP contribution >= 0.6 is 0 Å². The minimum Gasteiger partial charge on any atom is -0.494 e. The lowest BCUT2D eigenvalue weighted by molar-refractivity contribution is -0.134. The van der Waals surface area contributed by atoms with E-state index in [1.54, 1.807) is 48.5 Å². The van der Waals surface area contributed by atoms with Crippen molar-refractivity contribution in [3.05, 3.63) is 59.7 Å². The summed E-state index contributed by atoms with van der Waals surface area (Å²) in [6.07, 6.45) is 5.79. The molecule has 0 atom stereocenters. The van der Waals surface area contributed by atoms with Crippen molar-refractivity contribution in [2.75, 3.05) is 20.8 Å². The first-order chi connectivity index (χ1) is 15.1. The molecule has 0 heterocycles. The van der Waals surface area contributed by atoms with E-state index in [4.69, 9.17) is 19.0 Å². The van der Waals surface area contributed by atoms with Gasteiger partial charge in [-0.25, -0.2) is 9.59 Å². The third-order valence-electron chi connectivity index (χ3n) is 4.30. The fourth-order valence-electron chi connectivity index (χ4n) is 2.62. The van der Waals surface area contributed by atoms with Crippen LogP contribution in [-0.2, 0) is 9.53 Å². The number of carbonyl (C=O) groups excluding carboxylic acids is 2. The average molecular weight is 443 g/mol. The number of carbonyl (C=O) groups is 2. The van der Waals surface area contributed by atoms with Gasteiger partial charge < -0.3 is 23.7 Å². The molecule has 0 saturated heterocycles. The van der Waals surface area contributed by atoms with E-state index in [-0.39, 0.29) is 15.5 Å². The molecule has 2 aromatic carbocycles. The van der Waals surface area contributed by atoms with Gasteiger partial charge >= 0.3 is 11.9 Å². The molecule has 0 aliphatic carbocycles. The number of hydrogen-bond donors (Lipinski definition) is 1. The highest BCUT2D eigenvalue weighted by atomic mass is 28.2. The first-order valence-corrected chi connectivity index (χ1v) is 11.0. The summed E-state index contributed by atoms with van der Waals surface area (Å²) in [5.41, 5.74) is 1.08. The maximum Gasteiger partial charge on any atom is 0.343 e. The van der Waals surface area contributed by atoms with Crippen LogP contribution in [-0.4, -0.2) is 47.3 Å². The van der Waals surface area contributed by atoms with Gasteiger partial charge in [0, 0.05) is 6.08 Å². The summed E-state index contributed by atoms with van der Waals surface area (Å²) >= 11 is 0. The van der Waals surface area contributed by atoms with Gasteiger partial charge in [-0.2, -0.15) is 0 Å². The first kappa shape index (κ1) is 24.2. The molecule has 31 heavy (non-hydrogen) atoms. The molecule has 0 aromatic heterocycles. The predicted molar refractivity (Wildman–Crippen MR) is 118 cm³/mol. The zero-order valence-electron chi connectivity index (χ0n) is 17.6. The van der Waals surface area contributed by atoms with E-state index in [1.807, 2.05) is 0 Å². The summed E-state index contributed by atoms with van der Waals surface area (Å²) in [5, 5.41) is 0. The monoisotopic (exact) mass is 442 g/mol. The van der Waals surface area contributed by atoms with Crippen LogP contribution in [0.3, 0.4) is 0 Å². The van der Waals surface area contributed by atoms with Crippen molar-refractivity contribution in [1.82, 2.24) is 0 Å². The normalized spacial score (nSPS) is 10.7. The third kappa shape index (κ3) is 8.27. The Hall–Kier alpha value is -3.10. The van der Waals surface area contributed by atoms with Crippen LogP contribution in [0.5, 0.6) is 17.2 Å². The minimum absolute atomic E-state index is 0.0123. The molecule has 7 nitrogen and oxygen atoms in total. The van der Waals surface area contributed by atoms with E-state index in [2.05, 4.69) is 4.74 Å². The molecule has 0 fully saturated rings. The maximum absolute atomic E-state index is 12.5. The molecule has 2 radical (unpaired) electrons. The lowest BCUT2D eigenvalue weighted by Gasteiger charge is -2.11. The summed E-state index contributed by atoms with van der Waals surface area (Å²) in [5.74, 6) is 0.324. The van der Waals surface area contributed by atoms with Gasteiger partial charge in [0.15, 0.2) is 11.5 Å². The smallest absolute Gasteiger partial charge is 0.343 e. The Morgan fingerprint density at radius 1 is 1.00 bits per heavy atom. The first-order valence-electron chi connectivity index (χ1n) is 9.83. The molecule has 2 aromatic rings. The quantitative estimate of drug-likeness (QED) is 0.176. The molecule has 164 valence electrons. The van der Waals surface area contributed by atoms with Crippen LogP contribution in [0.2, 0.25) is 6.04 Å². The molecule has 0 unspecified atom stereocenters. The van der Waals surface area contributed by atoms with E-state index in [0.717, 1.165) is 25.3 Å². The topological polar surface area (TPSA) is 91.3 Å². The Kier molecular flexibility index (Phi) is 10.3. The van der Waals surface area contributed by atoms with Gasteiger partial charge in [0.2, 0.25) is 9.76 Å². The molecule has 8 heteroatoms. The average Bonchev–Trinajstić information content (AvgIpc) is 2.80.